The summed E-state index contributed by atoms with van der Waals surface area (Å²) in [4.78, 5) is 0. The molecule has 110 valence electrons. The molecular weight excluding hydrogens is 246 g/mol. The van der Waals surface area contributed by atoms with E-state index in [1.807, 2.05) is 0 Å². The monoisotopic (exact) mass is 273 g/mol. The Balaban J connectivity index is 1.91. The number of aryl methyl sites for hydroxylation is 1. The van der Waals surface area contributed by atoms with Crippen molar-refractivity contribution in [3.05, 3.63) is 29.3 Å². The van der Waals surface area contributed by atoms with Crippen molar-refractivity contribution in [1.29, 1.82) is 0 Å². The molecule has 1 fully saturated rings. The molecule has 2 aliphatic rings. The minimum Gasteiger partial charge on any atom is -0.487 e. The van der Waals surface area contributed by atoms with Gasteiger partial charge in [-0.3, -0.25) is 0 Å². The Morgan fingerprint density at radius 2 is 2.20 bits per heavy atom. The van der Waals surface area contributed by atoms with Crippen molar-refractivity contribution in [3.8, 4) is 5.75 Å². The molecule has 0 saturated heterocycles. The Labute approximate surface area is 122 Å². The third-order valence-electron chi connectivity index (χ3n) is 4.90. The van der Waals surface area contributed by atoms with E-state index in [1.54, 1.807) is 0 Å². The molecule has 0 amide bonds. The van der Waals surface area contributed by atoms with Gasteiger partial charge in [-0.15, -0.1) is 0 Å². The maximum atomic E-state index is 6.48. The molecule has 3 rings (SSSR count). The van der Waals surface area contributed by atoms with Crippen molar-refractivity contribution >= 4 is 0 Å². The highest BCUT2D eigenvalue weighted by molar-refractivity contribution is 5.42. The molecule has 1 spiro atoms. The Hall–Kier alpha value is -1.02. The van der Waals surface area contributed by atoms with Crippen molar-refractivity contribution in [2.45, 2.75) is 64.5 Å². The van der Waals surface area contributed by atoms with Crippen molar-refractivity contribution in [3.63, 3.8) is 0 Å². The van der Waals surface area contributed by atoms with E-state index in [0.29, 0.717) is 6.04 Å². The second-order valence-electron chi connectivity index (χ2n) is 6.89. The summed E-state index contributed by atoms with van der Waals surface area (Å²) in [5.41, 5.74) is 2.78. The van der Waals surface area contributed by atoms with E-state index in [9.17, 15) is 0 Å². The van der Waals surface area contributed by atoms with Crippen LogP contribution >= 0.6 is 0 Å². The van der Waals surface area contributed by atoms with Crippen LogP contribution in [0.5, 0.6) is 5.75 Å². The predicted molar refractivity (Wildman–Crippen MR) is 83.2 cm³/mol. The predicted octanol–water partition coefficient (Wildman–Crippen LogP) is 4.38. The number of hydrogen-bond donors (Lipinski definition) is 1. The van der Waals surface area contributed by atoms with Crippen molar-refractivity contribution in [1.82, 2.24) is 5.32 Å². The van der Waals surface area contributed by atoms with Crippen LogP contribution in [0.2, 0.25) is 0 Å². The summed E-state index contributed by atoms with van der Waals surface area (Å²) in [6, 6.07) is 7.11. The SMILES string of the molecule is CCCNC1CC2(CCC(C)C2)Oc2ccc(C)cc21. The average Bonchev–Trinajstić information content (AvgIpc) is 2.77. The molecular formula is C18H27NO. The van der Waals surface area contributed by atoms with Gasteiger partial charge in [-0.05, 0) is 51.1 Å². The molecule has 1 heterocycles. The molecule has 3 atom stereocenters. The quantitative estimate of drug-likeness (QED) is 0.882. The Kier molecular flexibility index (Phi) is 3.76. The lowest BCUT2D eigenvalue weighted by molar-refractivity contribution is 0.0336. The summed E-state index contributed by atoms with van der Waals surface area (Å²) in [5.74, 6) is 1.92. The summed E-state index contributed by atoms with van der Waals surface area (Å²) in [7, 11) is 0. The second kappa shape index (κ2) is 5.40. The fourth-order valence-electron chi connectivity index (χ4n) is 3.92. The van der Waals surface area contributed by atoms with Gasteiger partial charge in [0.25, 0.3) is 0 Å². The molecule has 1 N–H and O–H groups in total. The Morgan fingerprint density at radius 3 is 2.90 bits per heavy atom. The van der Waals surface area contributed by atoms with Gasteiger partial charge in [0.1, 0.15) is 11.4 Å². The van der Waals surface area contributed by atoms with Crippen molar-refractivity contribution in [2.75, 3.05) is 6.54 Å². The van der Waals surface area contributed by atoms with Gasteiger partial charge in [0.15, 0.2) is 0 Å². The van der Waals surface area contributed by atoms with E-state index in [-0.39, 0.29) is 5.60 Å². The van der Waals surface area contributed by atoms with Gasteiger partial charge < -0.3 is 10.1 Å². The number of benzene rings is 1. The summed E-state index contributed by atoms with van der Waals surface area (Å²) in [6.07, 6.45) is 6.05. The number of nitrogens with one attached hydrogen (secondary N) is 1. The lowest BCUT2D eigenvalue weighted by Crippen LogP contribution is -2.42. The standard InChI is InChI=1S/C18H27NO/c1-4-9-19-16-12-18(8-7-14(3)11-18)20-17-6-5-13(2)10-15(16)17/h5-6,10,14,16,19H,4,7-9,11-12H2,1-3H3. The molecule has 0 radical (unpaired) electrons. The van der Waals surface area contributed by atoms with Crippen LogP contribution in [0, 0.1) is 12.8 Å². The topological polar surface area (TPSA) is 21.3 Å². The highest BCUT2D eigenvalue weighted by atomic mass is 16.5. The van der Waals surface area contributed by atoms with Crippen LogP contribution in [0.25, 0.3) is 0 Å². The first-order valence-corrected chi connectivity index (χ1v) is 8.15. The maximum absolute atomic E-state index is 6.48. The second-order valence-corrected chi connectivity index (χ2v) is 6.89. The third-order valence-corrected chi connectivity index (χ3v) is 4.90. The normalized spacial score (nSPS) is 32.1. The maximum Gasteiger partial charge on any atom is 0.124 e. The smallest absolute Gasteiger partial charge is 0.124 e. The van der Waals surface area contributed by atoms with Gasteiger partial charge in [-0.1, -0.05) is 31.5 Å². The molecule has 20 heavy (non-hydrogen) atoms. The van der Waals surface area contributed by atoms with Gasteiger partial charge in [-0.2, -0.15) is 0 Å². The first kappa shape index (κ1) is 13.9. The van der Waals surface area contributed by atoms with Crippen LogP contribution in [0.15, 0.2) is 18.2 Å². The Morgan fingerprint density at radius 1 is 1.35 bits per heavy atom. The van der Waals surface area contributed by atoms with Gasteiger partial charge in [-0.25, -0.2) is 0 Å². The molecule has 1 saturated carbocycles. The molecule has 2 nitrogen and oxygen atoms in total. The lowest BCUT2D eigenvalue weighted by atomic mass is 9.85. The van der Waals surface area contributed by atoms with E-state index in [2.05, 4.69) is 44.3 Å². The van der Waals surface area contributed by atoms with E-state index >= 15 is 0 Å². The van der Waals surface area contributed by atoms with E-state index in [1.165, 1.54) is 36.8 Å². The first-order valence-electron chi connectivity index (χ1n) is 8.15. The van der Waals surface area contributed by atoms with Crippen LogP contribution in [0.3, 0.4) is 0 Å². The van der Waals surface area contributed by atoms with E-state index < -0.39 is 0 Å². The molecule has 2 heteroatoms. The third kappa shape index (κ3) is 2.58. The summed E-state index contributed by atoms with van der Waals surface area (Å²) >= 11 is 0. The summed E-state index contributed by atoms with van der Waals surface area (Å²) in [5, 5.41) is 3.74. The molecule has 1 aliphatic carbocycles. The van der Waals surface area contributed by atoms with Crippen molar-refractivity contribution < 1.29 is 4.74 Å². The van der Waals surface area contributed by atoms with Gasteiger partial charge in [0.05, 0.1) is 0 Å². The van der Waals surface area contributed by atoms with Crippen molar-refractivity contribution in [2.24, 2.45) is 5.92 Å². The number of rotatable bonds is 3. The highest BCUT2D eigenvalue weighted by Crippen LogP contribution is 2.48. The largest absolute Gasteiger partial charge is 0.487 e. The number of ether oxygens (including phenoxy) is 1. The van der Waals surface area contributed by atoms with Crippen LogP contribution in [-0.2, 0) is 0 Å². The molecule has 1 aromatic rings. The minimum absolute atomic E-state index is 0.0904. The van der Waals surface area contributed by atoms with Crippen LogP contribution < -0.4 is 10.1 Å². The molecule has 0 aromatic heterocycles. The molecule has 0 bridgehead atoms. The summed E-state index contributed by atoms with van der Waals surface area (Å²) < 4.78 is 6.48. The van der Waals surface area contributed by atoms with Crippen LogP contribution in [0.4, 0.5) is 0 Å². The lowest BCUT2D eigenvalue weighted by Gasteiger charge is -2.40. The molecule has 1 aliphatic heterocycles. The fourth-order valence-corrected chi connectivity index (χ4v) is 3.92. The number of fused-ring (bicyclic) bond motifs is 1. The van der Waals surface area contributed by atoms with Crippen LogP contribution in [0.1, 0.15) is 63.1 Å². The van der Waals surface area contributed by atoms with Crippen LogP contribution in [-0.4, -0.2) is 12.1 Å². The average molecular weight is 273 g/mol. The fraction of sp³-hybridized carbons (Fsp3) is 0.667. The van der Waals surface area contributed by atoms with E-state index in [0.717, 1.165) is 24.6 Å². The zero-order valence-electron chi connectivity index (χ0n) is 13.0. The first-order chi connectivity index (χ1) is 9.62. The molecule has 3 unspecified atom stereocenters. The number of hydrogen-bond acceptors (Lipinski definition) is 2. The Bertz CT molecular complexity index is 484. The van der Waals surface area contributed by atoms with Gasteiger partial charge in [0.2, 0.25) is 0 Å². The highest BCUT2D eigenvalue weighted by Gasteiger charge is 2.45. The summed E-state index contributed by atoms with van der Waals surface area (Å²) in [6.45, 7) is 7.84. The minimum atomic E-state index is 0.0904. The zero-order chi connectivity index (χ0) is 14.2. The molecule has 1 aromatic carbocycles. The van der Waals surface area contributed by atoms with Gasteiger partial charge >= 0.3 is 0 Å². The van der Waals surface area contributed by atoms with E-state index in [4.69, 9.17) is 4.74 Å². The van der Waals surface area contributed by atoms with Gasteiger partial charge in [0, 0.05) is 18.0 Å². The zero-order valence-corrected chi connectivity index (χ0v) is 13.0.